The molecule has 83 heavy (non-hydrogen) atoms. The van der Waals surface area contributed by atoms with Gasteiger partial charge >= 0.3 is 5.97 Å². The summed E-state index contributed by atoms with van der Waals surface area (Å²) in [7, 11) is 0. The van der Waals surface area contributed by atoms with Gasteiger partial charge in [0.2, 0.25) is 5.91 Å². The first-order chi connectivity index (χ1) is 40.7. The molecule has 0 radical (unpaired) electrons. The van der Waals surface area contributed by atoms with Crippen molar-refractivity contribution in [1.29, 1.82) is 0 Å². The molecule has 0 saturated carbocycles. The number of unbranched alkanes of at least 4 members (excludes halogenated alkanes) is 50. The third kappa shape index (κ3) is 48.1. The third-order valence-electron chi connectivity index (χ3n) is 17.7. The van der Waals surface area contributed by atoms with E-state index in [1.807, 2.05) is 6.08 Å². The van der Waals surface area contributed by atoms with Gasteiger partial charge in [-0.15, -0.1) is 0 Å². The molecule has 6 N–H and O–H groups in total. The molecule has 1 aliphatic heterocycles. The maximum atomic E-state index is 13.5. The first-order valence-electron chi connectivity index (χ1n) is 36.5. The molecule has 8 atom stereocenters. The van der Waals surface area contributed by atoms with Crippen LogP contribution in [0.25, 0.3) is 0 Å². The van der Waals surface area contributed by atoms with Crippen LogP contribution in [0.15, 0.2) is 12.2 Å². The van der Waals surface area contributed by atoms with Crippen LogP contribution in [0.3, 0.4) is 0 Å². The number of allylic oxidation sites excluding steroid dienone is 1. The lowest BCUT2D eigenvalue weighted by Crippen LogP contribution is -2.61. The summed E-state index contributed by atoms with van der Waals surface area (Å²) in [6.45, 7) is 5.86. The van der Waals surface area contributed by atoms with Crippen molar-refractivity contribution in [3.05, 3.63) is 12.2 Å². The van der Waals surface area contributed by atoms with Gasteiger partial charge in [0.25, 0.3) is 0 Å². The zero-order valence-electron chi connectivity index (χ0n) is 54.9. The number of nitrogens with one attached hydrogen (secondary N) is 1. The molecule has 0 aromatic heterocycles. The van der Waals surface area contributed by atoms with E-state index in [2.05, 4.69) is 26.1 Å². The number of hydrogen-bond donors (Lipinski definition) is 6. The van der Waals surface area contributed by atoms with E-state index in [-0.39, 0.29) is 13.0 Å². The minimum absolute atomic E-state index is 0.132. The van der Waals surface area contributed by atoms with Gasteiger partial charge in [0.05, 0.1) is 25.4 Å². The Labute approximate surface area is 512 Å². The average molecular weight is 1180 g/mol. The molecule has 0 aliphatic carbocycles. The molecular weight excluding hydrogens is 1040 g/mol. The molecule has 1 fully saturated rings. The Morgan fingerprint density at radius 3 is 1.13 bits per heavy atom. The molecule has 0 spiro atoms. The minimum Gasteiger partial charge on any atom is -0.454 e. The van der Waals surface area contributed by atoms with Crippen LogP contribution < -0.4 is 5.32 Å². The molecule has 1 heterocycles. The number of ether oxygens (including phenoxy) is 3. The Bertz CT molecular complexity index is 1400. The highest BCUT2D eigenvalue weighted by molar-refractivity contribution is 5.80. The van der Waals surface area contributed by atoms with Gasteiger partial charge in [-0.25, -0.2) is 0 Å². The second-order valence-corrected chi connectivity index (χ2v) is 25.7. The Hall–Kier alpha value is -1.60. The van der Waals surface area contributed by atoms with Crippen molar-refractivity contribution in [2.75, 3.05) is 13.2 Å². The van der Waals surface area contributed by atoms with Crippen molar-refractivity contribution in [3.63, 3.8) is 0 Å². The summed E-state index contributed by atoms with van der Waals surface area (Å²) >= 11 is 0. The number of carbonyl (C=O) groups is 2. The fourth-order valence-electron chi connectivity index (χ4n) is 12.0. The fraction of sp³-hybridized carbons (Fsp3) is 0.944. The Kier molecular flexibility index (Phi) is 58.1. The van der Waals surface area contributed by atoms with E-state index in [9.17, 15) is 35.1 Å². The second-order valence-electron chi connectivity index (χ2n) is 25.7. The van der Waals surface area contributed by atoms with Crippen molar-refractivity contribution < 1.29 is 49.3 Å². The first kappa shape index (κ1) is 79.4. The van der Waals surface area contributed by atoms with Gasteiger partial charge in [-0.3, -0.25) is 9.59 Å². The first-order valence-corrected chi connectivity index (χ1v) is 36.5. The summed E-state index contributed by atoms with van der Waals surface area (Å²) in [6, 6.07) is -1.02. The lowest BCUT2D eigenvalue weighted by atomic mass is 9.99. The predicted molar refractivity (Wildman–Crippen MR) is 348 cm³/mol. The molecule has 1 amide bonds. The van der Waals surface area contributed by atoms with E-state index < -0.39 is 67.4 Å². The van der Waals surface area contributed by atoms with Gasteiger partial charge in [-0.1, -0.05) is 354 Å². The van der Waals surface area contributed by atoms with Crippen LogP contribution in [0, 0.1) is 0 Å². The highest BCUT2D eigenvalue weighted by Gasteiger charge is 2.47. The van der Waals surface area contributed by atoms with Crippen LogP contribution in [0.4, 0.5) is 0 Å². The summed E-state index contributed by atoms with van der Waals surface area (Å²) in [5, 5.41) is 57.2. The maximum absolute atomic E-state index is 13.5. The monoisotopic (exact) mass is 1180 g/mol. The smallest absolute Gasteiger partial charge is 0.306 e. The van der Waals surface area contributed by atoms with Crippen LogP contribution >= 0.6 is 0 Å². The van der Waals surface area contributed by atoms with Crippen LogP contribution in [0.1, 0.15) is 374 Å². The van der Waals surface area contributed by atoms with Crippen molar-refractivity contribution in [1.82, 2.24) is 5.32 Å². The Morgan fingerprint density at radius 1 is 0.458 bits per heavy atom. The molecule has 1 saturated heterocycles. The molecule has 1 rings (SSSR count). The number of carbonyl (C=O) groups excluding carboxylic acids is 2. The van der Waals surface area contributed by atoms with Gasteiger partial charge in [-0.2, -0.15) is 0 Å². The largest absolute Gasteiger partial charge is 0.454 e. The Morgan fingerprint density at radius 2 is 0.783 bits per heavy atom. The van der Waals surface area contributed by atoms with Crippen LogP contribution in [-0.4, -0.2) is 99.6 Å². The number of aliphatic hydroxyl groups excluding tert-OH is 5. The van der Waals surface area contributed by atoms with Crippen molar-refractivity contribution in [3.8, 4) is 0 Å². The Balaban J connectivity index is 2.52. The van der Waals surface area contributed by atoms with E-state index in [0.29, 0.717) is 19.3 Å². The van der Waals surface area contributed by atoms with Gasteiger partial charge in [-0.05, 0) is 25.7 Å². The highest BCUT2D eigenvalue weighted by atomic mass is 16.7. The molecule has 492 valence electrons. The predicted octanol–water partition coefficient (Wildman–Crippen LogP) is 18.6. The molecule has 11 heteroatoms. The summed E-state index contributed by atoms with van der Waals surface area (Å²) in [5.41, 5.74) is 0. The van der Waals surface area contributed by atoms with E-state index in [1.54, 1.807) is 6.08 Å². The van der Waals surface area contributed by atoms with Crippen molar-refractivity contribution in [2.24, 2.45) is 0 Å². The summed E-state index contributed by atoms with van der Waals surface area (Å²) < 4.78 is 17.7. The third-order valence-corrected chi connectivity index (χ3v) is 17.7. The van der Waals surface area contributed by atoms with Gasteiger partial charge < -0.3 is 45.1 Å². The normalized spacial score (nSPS) is 18.5. The van der Waals surface area contributed by atoms with Crippen LogP contribution in [0.5, 0.6) is 0 Å². The molecular formula is C72H139NO10. The lowest BCUT2D eigenvalue weighted by Gasteiger charge is -2.41. The quantitative estimate of drug-likeness (QED) is 0.0195. The highest BCUT2D eigenvalue weighted by Crippen LogP contribution is 2.27. The van der Waals surface area contributed by atoms with Crippen molar-refractivity contribution >= 4 is 11.9 Å². The van der Waals surface area contributed by atoms with Crippen LogP contribution in [-0.2, 0) is 23.8 Å². The van der Waals surface area contributed by atoms with Gasteiger partial charge in [0.1, 0.15) is 24.4 Å². The lowest BCUT2D eigenvalue weighted by molar-refractivity contribution is -0.305. The minimum atomic E-state index is -1.61. The zero-order chi connectivity index (χ0) is 60.3. The summed E-state index contributed by atoms with van der Waals surface area (Å²) in [4.78, 5) is 26.7. The van der Waals surface area contributed by atoms with E-state index in [4.69, 9.17) is 14.2 Å². The summed E-state index contributed by atoms with van der Waals surface area (Å²) in [5.74, 6) is -1.17. The second kappa shape index (κ2) is 60.7. The standard InChI is InChI=1S/C72H139NO10/c1-4-7-10-13-16-19-22-24-26-28-30-32-33-34-36-38-40-42-45-48-51-54-57-60-67(77)83-70-69(79)68(78)66(61-74)82-72(70)81-62-63(64(75)58-55-52-49-46-43-21-18-15-12-9-6-3)73-71(80)65(76)59-56-53-50-47-44-41-39-37-35-31-29-27-25-23-20-17-14-11-8-5-2/h55,58,63-66,68-70,72,74-76,78-79H,4-54,56-57,59-62H2,1-3H3,(H,73,80)/b58-55+. The zero-order valence-corrected chi connectivity index (χ0v) is 54.9. The molecule has 8 unspecified atom stereocenters. The maximum Gasteiger partial charge on any atom is 0.306 e. The van der Waals surface area contributed by atoms with E-state index in [0.717, 1.165) is 57.8 Å². The average Bonchev–Trinajstić information content (AvgIpc) is 3.62. The number of hydrogen-bond acceptors (Lipinski definition) is 10. The molecule has 0 bridgehead atoms. The van der Waals surface area contributed by atoms with Crippen molar-refractivity contribution in [2.45, 2.75) is 423 Å². The molecule has 0 aromatic rings. The van der Waals surface area contributed by atoms with Gasteiger partial charge in [0.15, 0.2) is 12.4 Å². The number of amides is 1. The number of rotatable bonds is 64. The van der Waals surface area contributed by atoms with E-state index in [1.165, 1.54) is 270 Å². The molecule has 1 aliphatic rings. The summed E-state index contributed by atoms with van der Waals surface area (Å²) in [6.07, 6.45) is 61.2. The number of aliphatic hydroxyl groups is 5. The molecule has 0 aromatic carbocycles. The van der Waals surface area contributed by atoms with E-state index >= 15 is 0 Å². The van der Waals surface area contributed by atoms with Gasteiger partial charge in [0, 0.05) is 6.42 Å². The molecule has 11 nitrogen and oxygen atoms in total. The fourth-order valence-corrected chi connectivity index (χ4v) is 12.0. The number of esters is 1. The topological polar surface area (TPSA) is 175 Å². The van der Waals surface area contributed by atoms with Crippen LogP contribution in [0.2, 0.25) is 0 Å². The SMILES string of the molecule is CCCCCCCCCCC/C=C/C(O)C(COC1OC(CO)C(O)C(O)C1OC(=O)CCCCCCCCCCCCCCCCCCCCCCCCC)NC(=O)C(O)CCCCCCCCCCCCCCCCCCCCCC.